The number of halogens is 2. The van der Waals surface area contributed by atoms with Gasteiger partial charge in [-0.25, -0.2) is 14.5 Å². The summed E-state index contributed by atoms with van der Waals surface area (Å²) in [5.74, 6) is -1.77. The Bertz CT molecular complexity index is 1550. The molecule has 2 fully saturated rings. The SMILES string of the molecule is CN1C(=O)N(c2cc(Cl)cc(Cl)c2)C(=O)[C@]12CN(Cc1ccc(/C=C/C(=O)O)cc1)C[C@H]2c1ccc(C#N)cc1. The van der Waals surface area contributed by atoms with E-state index in [4.69, 9.17) is 28.3 Å². The molecule has 3 aromatic carbocycles. The van der Waals surface area contributed by atoms with Crippen LogP contribution in [-0.4, -0.2) is 58.5 Å². The van der Waals surface area contributed by atoms with Crippen LogP contribution in [0.5, 0.6) is 0 Å². The predicted octanol–water partition coefficient (Wildman–Crippen LogP) is 5.40. The number of urea groups is 1. The number of carbonyl (C=O) groups is 3. The molecule has 10 heteroatoms. The van der Waals surface area contributed by atoms with Crippen LogP contribution in [0, 0.1) is 11.3 Å². The number of likely N-dealkylation sites (N-methyl/N-ethyl adjacent to an activating group) is 1. The van der Waals surface area contributed by atoms with Crippen LogP contribution in [0.15, 0.2) is 72.8 Å². The number of nitrogens with zero attached hydrogens (tertiary/aromatic N) is 4. The topological polar surface area (TPSA) is 105 Å². The summed E-state index contributed by atoms with van der Waals surface area (Å²) in [6.45, 7) is 1.28. The molecule has 2 atom stereocenters. The first-order valence-electron chi connectivity index (χ1n) is 12.4. The average molecular weight is 575 g/mol. The van der Waals surface area contributed by atoms with Gasteiger partial charge in [-0.3, -0.25) is 9.69 Å². The van der Waals surface area contributed by atoms with Crippen LogP contribution in [0.1, 0.15) is 28.2 Å². The Hall–Kier alpha value is -4.16. The Kier molecular flexibility index (Phi) is 7.39. The van der Waals surface area contributed by atoms with Gasteiger partial charge in [-0.1, -0.05) is 59.6 Å². The summed E-state index contributed by atoms with van der Waals surface area (Å²) in [5.41, 5.74) is 2.17. The maximum absolute atomic E-state index is 14.3. The number of hydrogen-bond donors (Lipinski definition) is 1. The number of imide groups is 1. The minimum absolute atomic E-state index is 0.282. The fraction of sp³-hybridized carbons (Fsp3) is 0.200. The van der Waals surface area contributed by atoms with Crippen molar-refractivity contribution in [2.45, 2.75) is 18.0 Å². The summed E-state index contributed by atoms with van der Waals surface area (Å²) in [6.07, 6.45) is 2.60. The lowest BCUT2D eigenvalue weighted by atomic mass is 9.80. The number of hydrogen-bond acceptors (Lipinski definition) is 5. The fourth-order valence-corrected chi connectivity index (χ4v) is 6.09. The van der Waals surface area contributed by atoms with Crippen molar-refractivity contribution in [2.24, 2.45) is 0 Å². The monoisotopic (exact) mass is 574 g/mol. The highest BCUT2D eigenvalue weighted by atomic mass is 35.5. The van der Waals surface area contributed by atoms with Crippen molar-refractivity contribution in [3.8, 4) is 6.07 Å². The van der Waals surface area contributed by atoms with Gasteiger partial charge in [0.15, 0.2) is 0 Å². The van der Waals surface area contributed by atoms with Crippen molar-refractivity contribution in [1.82, 2.24) is 9.80 Å². The van der Waals surface area contributed by atoms with E-state index in [0.29, 0.717) is 34.4 Å². The van der Waals surface area contributed by atoms with Crippen molar-refractivity contribution < 1.29 is 19.5 Å². The van der Waals surface area contributed by atoms with E-state index in [1.807, 2.05) is 36.4 Å². The Morgan fingerprint density at radius 3 is 2.33 bits per heavy atom. The average Bonchev–Trinajstić information content (AvgIpc) is 3.39. The molecule has 3 aromatic rings. The van der Waals surface area contributed by atoms with Crippen LogP contribution in [0.4, 0.5) is 10.5 Å². The van der Waals surface area contributed by atoms with E-state index in [2.05, 4.69) is 11.0 Å². The van der Waals surface area contributed by atoms with Gasteiger partial charge in [-0.15, -0.1) is 0 Å². The number of carboxylic acids is 1. The van der Waals surface area contributed by atoms with Crippen LogP contribution >= 0.6 is 23.2 Å². The summed E-state index contributed by atoms with van der Waals surface area (Å²) < 4.78 is 0. The van der Waals surface area contributed by atoms with Crippen molar-refractivity contribution in [3.63, 3.8) is 0 Å². The van der Waals surface area contributed by atoms with E-state index >= 15 is 0 Å². The van der Waals surface area contributed by atoms with Crippen LogP contribution < -0.4 is 4.90 Å². The normalized spacial score (nSPS) is 21.1. The second-order valence-electron chi connectivity index (χ2n) is 9.90. The van der Waals surface area contributed by atoms with Crippen molar-refractivity contribution in [3.05, 3.63) is 105 Å². The predicted molar refractivity (Wildman–Crippen MR) is 152 cm³/mol. The van der Waals surface area contributed by atoms with Gasteiger partial charge in [0.25, 0.3) is 5.91 Å². The van der Waals surface area contributed by atoms with Gasteiger partial charge < -0.3 is 10.0 Å². The number of likely N-dealkylation sites (tertiary alicyclic amines) is 1. The first kappa shape index (κ1) is 27.4. The number of nitriles is 1. The lowest BCUT2D eigenvalue weighted by molar-refractivity contribution is -0.131. The number of amides is 3. The molecule has 1 N–H and O–H groups in total. The van der Waals surface area contributed by atoms with E-state index in [0.717, 1.165) is 27.7 Å². The van der Waals surface area contributed by atoms with Gasteiger partial charge in [0.1, 0.15) is 5.54 Å². The van der Waals surface area contributed by atoms with Crippen molar-refractivity contribution >= 4 is 52.9 Å². The quantitative estimate of drug-likeness (QED) is 0.312. The van der Waals surface area contributed by atoms with Gasteiger partial charge in [0.05, 0.1) is 17.3 Å². The zero-order chi connectivity index (χ0) is 28.6. The van der Waals surface area contributed by atoms with Crippen LogP contribution in [-0.2, 0) is 16.1 Å². The zero-order valence-electron chi connectivity index (χ0n) is 21.4. The Labute approximate surface area is 241 Å². The van der Waals surface area contributed by atoms with Gasteiger partial charge in [-0.05, 0) is 53.1 Å². The summed E-state index contributed by atoms with van der Waals surface area (Å²) in [5, 5.41) is 18.8. The number of carbonyl (C=O) groups excluding carboxylic acids is 2. The molecule has 0 bridgehead atoms. The van der Waals surface area contributed by atoms with E-state index in [-0.39, 0.29) is 18.4 Å². The second-order valence-corrected chi connectivity index (χ2v) is 10.8. The van der Waals surface area contributed by atoms with Gasteiger partial charge in [0, 0.05) is 48.7 Å². The highest BCUT2D eigenvalue weighted by Crippen LogP contribution is 2.47. The van der Waals surface area contributed by atoms with E-state index < -0.39 is 17.5 Å². The maximum atomic E-state index is 14.3. The lowest BCUT2D eigenvalue weighted by Crippen LogP contribution is -2.53. The summed E-state index contributed by atoms with van der Waals surface area (Å²) in [4.78, 5) is 43.5. The molecule has 2 saturated heterocycles. The highest BCUT2D eigenvalue weighted by Gasteiger charge is 2.64. The summed E-state index contributed by atoms with van der Waals surface area (Å²) >= 11 is 12.4. The number of benzene rings is 3. The largest absolute Gasteiger partial charge is 0.478 e. The molecule has 2 heterocycles. The molecular formula is C30H24Cl2N4O4. The smallest absolute Gasteiger partial charge is 0.332 e. The standard InChI is InChI=1S/C30H24Cl2N4O4/c1-34-29(40)36(25-13-23(31)12-24(32)14-25)28(39)30(34)18-35(17-26(30)22-9-6-20(15-33)7-10-22)16-21-4-2-19(3-5-21)8-11-27(37)38/h2-14,26H,16-18H2,1H3,(H,37,38)/b11-8+/t26-,30+/m0/s1. The fourth-order valence-electron chi connectivity index (χ4n) is 5.57. The third kappa shape index (κ3) is 4.95. The maximum Gasteiger partial charge on any atom is 0.332 e. The number of carboxylic acid groups (broad SMARTS) is 1. The number of anilines is 1. The van der Waals surface area contributed by atoms with Gasteiger partial charge in [-0.2, -0.15) is 5.26 Å². The van der Waals surface area contributed by atoms with Crippen LogP contribution in [0.2, 0.25) is 10.0 Å². The van der Waals surface area contributed by atoms with Gasteiger partial charge in [0.2, 0.25) is 0 Å². The first-order chi connectivity index (χ1) is 19.1. The van der Waals surface area contributed by atoms with E-state index in [1.165, 1.54) is 17.0 Å². The van der Waals surface area contributed by atoms with Crippen LogP contribution in [0.25, 0.3) is 6.08 Å². The Morgan fingerprint density at radius 2 is 1.73 bits per heavy atom. The van der Waals surface area contributed by atoms with E-state index in [1.54, 1.807) is 31.3 Å². The molecule has 0 radical (unpaired) electrons. The molecule has 202 valence electrons. The highest BCUT2D eigenvalue weighted by molar-refractivity contribution is 6.35. The number of aliphatic carboxylic acids is 1. The first-order valence-corrected chi connectivity index (χ1v) is 13.2. The zero-order valence-corrected chi connectivity index (χ0v) is 22.9. The minimum Gasteiger partial charge on any atom is -0.478 e. The molecular weight excluding hydrogens is 551 g/mol. The molecule has 2 aliphatic rings. The van der Waals surface area contributed by atoms with Crippen molar-refractivity contribution in [2.75, 3.05) is 25.0 Å². The van der Waals surface area contributed by atoms with Gasteiger partial charge >= 0.3 is 12.0 Å². The Morgan fingerprint density at radius 1 is 1.07 bits per heavy atom. The summed E-state index contributed by atoms with van der Waals surface area (Å²) in [6, 6.07) is 20.9. The molecule has 2 aliphatic heterocycles. The van der Waals surface area contributed by atoms with E-state index in [9.17, 15) is 19.6 Å². The number of rotatable bonds is 6. The molecule has 0 aromatic heterocycles. The molecule has 3 amide bonds. The molecule has 5 rings (SSSR count). The third-order valence-corrected chi connectivity index (χ3v) is 7.92. The molecule has 0 saturated carbocycles. The van der Waals surface area contributed by atoms with Crippen molar-refractivity contribution in [1.29, 1.82) is 5.26 Å². The molecule has 0 unspecified atom stereocenters. The molecule has 8 nitrogen and oxygen atoms in total. The second kappa shape index (κ2) is 10.8. The lowest BCUT2D eigenvalue weighted by Gasteiger charge is -2.34. The summed E-state index contributed by atoms with van der Waals surface area (Å²) in [7, 11) is 1.64. The Balaban J connectivity index is 1.51. The molecule has 0 aliphatic carbocycles. The third-order valence-electron chi connectivity index (χ3n) is 7.48. The molecule has 1 spiro atoms. The molecule has 40 heavy (non-hydrogen) atoms. The van der Waals surface area contributed by atoms with Crippen LogP contribution in [0.3, 0.4) is 0 Å². The minimum atomic E-state index is -1.20.